The van der Waals surface area contributed by atoms with E-state index >= 15 is 0 Å². The number of carbonyl (C=O) groups excluding carboxylic acids is 3. The molecule has 1 aliphatic heterocycles. The molecule has 0 radical (unpaired) electrons. The molecular formula is C18H23FN2O4. The van der Waals surface area contributed by atoms with E-state index in [2.05, 4.69) is 0 Å². The van der Waals surface area contributed by atoms with E-state index < -0.39 is 35.9 Å². The van der Waals surface area contributed by atoms with Gasteiger partial charge in [-0.25, -0.2) is 14.1 Å². The first-order chi connectivity index (χ1) is 11.8. The first kappa shape index (κ1) is 18.9. The number of benzene rings is 1. The van der Waals surface area contributed by atoms with Crippen molar-refractivity contribution in [2.45, 2.75) is 45.8 Å². The van der Waals surface area contributed by atoms with Gasteiger partial charge in [0.2, 0.25) is 5.91 Å². The molecule has 25 heavy (non-hydrogen) atoms. The molecule has 1 saturated heterocycles. The van der Waals surface area contributed by atoms with Gasteiger partial charge in [-0.15, -0.1) is 0 Å². The molecule has 0 N–H and O–H groups in total. The highest BCUT2D eigenvalue weighted by Crippen LogP contribution is 2.23. The molecular weight excluding hydrogens is 327 g/mol. The van der Waals surface area contributed by atoms with Crippen LogP contribution in [0.1, 0.15) is 39.2 Å². The van der Waals surface area contributed by atoms with Crippen molar-refractivity contribution in [1.29, 1.82) is 0 Å². The molecule has 0 bridgehead atoms. The fourth-order valence-corrected chi connectivity index (χ4v) is 2.57. The van der Waals surface area contributed by atoms with Gasteiger partial charge in [0.25, 0.3) is 5.91 Å². The van der Waals surface area contributed by atoms with E-state index in [1.165, 1.54) is 24.8 Å². The van der Waals surface area contributed by atoms with Gasteiger partial charge in [-0.2, -0.15) is 0 Å². The second kappa shape index (κ2) is 7.63. The van der Waals surface area contributed by atoms with Gasteiger partial charge in [0.1, 0.15) is 12.4 Å². The van der Waals surface area contributed by atoms with E-state index in [4.69, 9.17) is 4.74 Å². The Balaban J connectivity index is 2.12. The predicted octanol–water partition coefficient (Wildman–Crippen LogP) is 2.71. The molecule has 0 unspecified atom stereocenters. The van der Waals surface area contributed by atoms with E-state index in [0.29, 0.717) is 12.1 Å². The van der Waals surface area contributed by atoms with Gasteiger partial charge in [0.05, 0.1) is 0 Å². The van der Waals surface area contributed by atoms with Crippen LogP contribution in [0, 0.1) is 5.82 Å². The van der Waals surface area contributed by atoms with E-state index in [-0.39, 0.29) is 6.54 Å². The third-order valence-corrected chi connectivity index (χ3v) is 4.07. The second-order valence-electron chi connectivity index (χ2n) is 6.53. The standard InChI is InChI=1S/C18H23FN2O4/c1-4-5-10-20(11-13-8-6-7-9-14(13)19)15(22)12-21-16(23)18(2,3)25-17(21)24/h6-9H,4-5,10-12H2,1-3H3. The molecule has 136 valence electrons. The van der Waals surface area contributed by atoms with Crippen molar-refractivity contribution in [3.05, 3.63) is 35.6 Å². The summed E-state index contributed by atoms with van der Waals surface area (Å²) in [6.07, 6.45) is 0.771. The van der Waals surface area contributed by atoms with Crippen LogP contribution in [0.25, 0.3) is 0 Å². The summed E-state index contributed by atoms with van der Waals surface area (Å²) in [6, 6.07) is 6.23. The quantitative estimate of drug-likeness (QED) is 0.758. The fourth-order valence-electron chi connectivity index (χ4n) is 2.57. The number of ether oxygens (including phenoxy) is 1. The Bertz CT molecular complexity index is 675. The summed E-state index contributed by atoms with van der Waals surface area (Å²) in [4.78, 5) is 38.9. The average molecular weight is 350 g/mol. The molecule has 1 fully saturated rings. The highest BCUT2D eigenvalue weighted by atomic mass is 19.1. The Hall–Kier alpha value is -2.44. The van der Waals surface area contributed by atoms with Crippen molar-refractivity contribution in [3.63, 3.8) is 0 Å². The van der Waals surface area contributed by atoms with Gasteiger partial charge < -0.3 is 9.64 Å². The zero-order valence-corrected chi connectivity index (χ0v) is 14.8. The van der Waals surface area contributed by atoms with Crippen molar-refractivity contribution in [2.75, 3.05) is 13.1 Å². The van der Waals surface area contributed by atoms with E-state index in [0.717, 1.165) is 17.7 Å². The Morgan fingerprint density at radius 3 is 2.52 bits per heavy atom. The summed E-state index contributed by atoms with van der Waals surface area (Å²) in [5.74, 6) is -1.36. The molecule has 0 saturated carbocycles. The number of imide groups is 1. The zero-order valence-electron chi connectivity index (χ0n) is 14.8. The van der Waals surface area contributed by atoms with Crippen LogP contribution in [0.2, 0.25) is 0 Å². The van der Waals surface area contributed by atoms with Crippen LogP contribution in [0.3, 0.4) is 0 Å². The Labute approximate surface area is 146 Å². The normalized spacial score (nSPS) is 16.1. The van der Waals surface area contributed by atoms with Crippen LogP contribution >= 0.6 is 0 Å². The van der Waals surface area contributed by atoms with E-state index in [1.807, 2.05) is 6.92 Å². The largest absolute Gasteiger partial charge is 0.433 e. The lowest BCUT2D eigenvalue weighted by molar-refractivity contribution is -0.140. The van der Waals surface area contributed by atoms with Crippen LogP contribution in [-0.2, 0) is 20.9 Å². The molecule has 1 aromatic rings. The van der Waals surface area contributed by atoms with Crippen LogP contribution in [0.5, 0.6) is 0 Å². The number of carbonyl (C=O) groups is 3. The molecule has 0 spiro atoms. The van der Waals surface area contributed by atoms with Gasteiger partial charge in [-0.1, -0.05) is 31.5 Å². The maximum atomic E-state index is 13.9. The second-order valence-corrected chi connectivity index (χ2v) is 6.53. The summed E-state index contributed by atoms with van der Waals surface area (Å²) in [6.45, 7) is 5.04. The smallest absolute Gasteiger partial charge is 0.418 e. The molecule has 1 aromatic carbocycles. The van der Waals surface area contributed by atoms with E-state index in [1.54, 1.807) is 18.2 Å². The molecule has 6 nitrogen and oxygen atoms in total. The number of nitrogens with zero attached hydrogens (tertiary/aromatic N) is 2. The van der Waals surface area contributed by atoms with Crippen molar-refractivity contribution >= 4 is 17.9 Å². The minimum atomic E-state index is -1.27. The minimum Gasteiger partial charge on any atom is -0.433 e. The first-order valence-electron chi connectivity index (χ1n) is 8.32. The lowest BCUT2D eigenvalue weighted by Gasteiger charge is -2.24. The van der Waals surface area contributed by atoms with E-state index in [9.17, 15) is 18.8 Å². The number of hydrogen-bond donors (Lipinski definition) is 0. The summed E-state index contributed by atoms with van der Waals surface area (Å²) < 4.78 is 18.9. The maximum absolute atomic E-state index is 13.9. The molecule has 1 heterocycles. The van der Waals surface area contributed by atoms with Crippen molar-refractivity contribution in [2.24, 2.45) is 0 Å². The topological polar surface area (TPSA) is 66.9 Å². The van der Waals surface area contributed by atoms with Crippen molar-refractivity contribution in [1.82, 2.24) is 9.80 Å². The Morgan fingerprint density at radius 1 is 1.28 bits per heavy atom. The van der Waals surface area contributed by atoms with Gasteiger partial charge in [-0.05, 0) is 26.3 Å². The Kier molecular flexibility index (Phi) is 5.77. The molecule has 3 amide bonds. The maximum Gasteiger partial charge on any atom is 0.418 e. The average Bonchev–Trinajstić information content (AvgIpc) is 2.74. The molecule has 0 atom stereocenters. The number of hydrogen-bond acceptors (Lipinski definition) is 4. The van der Waals surface area contributed by atoms with Gasteiger partial charge in [0, 0.05) is 18.7 Å². The molecule has 0 aromatic heterocycles. The van der Waals surface area contributed by atoms with Gasteiger partial charge >= 0.3 is 6.09 Å². The highest BCUT2D eigenvalue weighted by Gasteiger charge is 2.47. The number of cyclic esters (lactones) is 1. The third-order valence-electron chi connectivity index (χ3n) is 4.07. The van der Waals surface area contributed by atoms with Crippen LogP contribution in [-0.4, -0.2) is 46.4 Å². The van der Waals surface area contributed by atoms with Crippen molar-refractivity contribution in [3.8, 4) is 0 Å². The summed E-state index contributed by atoms with van der Waals surface area (Å²) in [5, 5.41) is 0. The highest BCUT2D eigenvalue weighted by molar-refractivity contribution is 6.04. The van der Waals surface area contributed by atoms with Crippen LogP contribution in [0.15, 0.2) is 24.3 Å². The molecule has 1 aliphatic rings. The zero-order chi connectivity index (χ0) is 18.6. The monoisotopic (exact) mass is 350 g/mol. The third kappa shape index (κ3) is 4.35. The summed E-state index contributed by atoms with van der Waals surface area (Å²) >= 11 is 0. The molecule has 7 heteroatoms. The number of unbranched alkanes of at least 4 members (excludes halogenated alkanes) is 1. The number of halogens is 1. The molecule has 0 aliphatic carbocycles. The number of amides is 3. The number of rotatable bonds is 7. The lowest BCUT2D eigenvalue weighted by atomic mass is 10.1. The SMILES string of the molecule is CCCCN(Cc1ccccc1F)C(=O)CN1C(=O)OC(C)(C)C1=O. The summed E-state index contributed by atoms with van der Waals surface area (Å²) in [7, 11) is 0. The van der Waals surface area contributed by atoms with Gasteiger partial charge in [-0.3, -0.25) is 9.59 Å². The van der Waals surface area contributed by atoms with Crippen molar-refractivity contribution < 1.29 is 23.5 Å². The van der Waals surface area contributed by atoms with Gasteiger partial charge in [0.15, 0.2) is 5.60 Å². The summed E-state index contributed by atoms with van der Waals surface area (Å²) in [5.41, 5.74) is -0.875. The minimum absolute atomic E-state index is 0.0893. The first-order valence-corrected chi connectivity index (χ1v) is 8.32. The lowest BCUT2D eigenvalue weighted by Crippen LogP contribution is -2.44. The predicted molar refractivity (Wildman–Crippen MR) is 89.0 cm³/mol. The fraction of sp³-hybridized carbons (Fsp3) is 0.500. The van der Waals surface area contributed by atoms with Crippen LogP contribution in [0.4, 0.5) is 9.18 Å². The van der Waals surface area contributed by atoms with Crippen LogP contribution < -0.4 is 0 Å². The Morgan fingerprint density at radius 2 is 1.96 bits per heavy atom. The molecule has 2 rings (SSSR count).